The summed E-state index contributed by atoms with van der Waals surface area (Å²) in [5.41, 5.74) is 2.79. The monoisotopic (exact) mass is 624 g/mol. The zero-order chi connectivity index (χ0) is 29.7. The Morgan fingerprint density at radius 2 is 1.02 bits per heavy atom. The van der Waals surface area contributed by atoms with E-state index in [1.807, 2.05) is 0 Å². The molecule has 0 amide bonds. The van der Waals surface area contributed by atoms with Gasteiger partial charge in [-0.2, -0.15) is 0 Å². The molecule has 4 atom stereocenters. The van der Waals surface area contributed by atoms with Crippen LogP contribution in [-0.2, 0) is 28.7 Å². The predicted molar refractivity (Wildman–Crippen MR) is 156 cm³/mol. The Morgan fingerprint density at radius 1 is 0.675 bits per heavy atom. The summed E-state index contributed by atoms with van der Waals surface area (Å²) in [6.07, 6.45) is 3.43. The molecular formula is C30H28Cl4O6. The fraction of sp³-hybridized carbons (Fsp3) is 0.333. The molecule has 2 aliphatic carbocycles. The van der Waals surface area contributed by atoms with Crippen LogP contribution in [0.3, 0.4) is 0 Å². The van der Waals surface area contributed by atoms with Gasteiger partial charge in [-0.15, -0.1) is 0 Å². The lowest BCUT2D eigenvalue weighted by molar-refractivity contribution is -0.146. The normalized spacial score (nSPS) is 22.4. The van der Waals surface area contributed by atoms with E-state index in [1.54, 1.807) is 50.2 Å². The molecule has 0 aliphatic heterocycles. The number of hydrogen-bond acceptors (Lipinski definition) is 6. The maximum Gasteiger partial charge on any atom is 0.313 e. The molecule has 6 nitrogen and oxygen atoms in total. The molecule has 0 N–H and O–H groups in total. The lowest BCUT2D eigenvalue weighted by atomic mass is 9.75. The van der Waals surface area contributed by atoms with Crippen molar-refractivity contribution in [2.24, 2.45) is 11.8 Å². The van der Waals surface area contributed by atoms with Crippen LogP contribution in [0.1, 0.15) is 49.7 Å². The van der Waals surface area contributed by atoms with E-state index < -0.39 is 11.8 Å². The quantitative estimate of drug-likeness (QED) is 0.326. The fourth-order valence-corrected chi connectivity index (χ4v) is 6.15. The molecule has 2 aliphatic rings. The molecule has 2 aromatic rings. The second-order valence-corrected chi connectivity index (χ2v) is 11.2. The van der Waals surface area contributed by atoms with E-state index in [2.05, 4.69) is 0 Å². The standard InChI is InChI=1S/2C15H14Cl2O3/c2*1-8-6-9(18)7-11(13(8)15(19)20-2)10-4-3-5-12(16)14(10)17/h2*3-6,11,13H,7H2,1-2H3/t2*11-,13-/m10/s1. The van der Waals surface area contributed by atoms with Gasteiger partial charge in [-0.25, -0.2) is 0 Å². The molecule has 0 spiro atoms. The number of benzene rings is 2. The van der Waals surface area contributed by atoms with Crippen LogP contribution in [-0.4, -0.2) is 37.7 Å². The molecule has 4 rings (SSSR count). The minimum absolute atomic E-state index is 0.0244. The van der Waals surface area contributed by atoms with E-state index in [0.29, 0.717) is 42.4 Å². The average Bonchev–Trinajstić information content (AvgIpc) is 2.90. The summed E-state index contributed by atoms with van der Waals surface area (Å²) in [4.78, 5) is 47.6. The van der Waals surface area contributed by atoms with Gasteiger partial charge >= 0.3 is 11.9 Å². The van der Waals surface area contributed by atoms with E-state index in [-0.39, 0.29) is 48.2 Å². The Balaban J connectivity index is 0.000000220. The van der Waals surface area contributed by atoms with Crippen LogP contribution >= 0.6 is 46.4 Å². The molecule has 2 aromatic carbocycles. The lowest BCUT2D eigenvalue weighted by Crippen LogP contribution is -2.30. The first-order valence-electron chi connectivity index (χ1n) is 12.4. The van der Waals surface area contributed by atoms with Crippen LogP contribution in [0.15, 0.2) is 59.7 Å². The first kappa shape index (κ1) is 31.9. The SMILES string of the molecule is COC(=O)[C@@H]1C(C)=CC(=O)C[C@@H]1c1cccc(Cl)c1Cl.COC(=O)[C@H]1C(C)=CC(=O)C[C@H]1c1cccc(Cl)c1Cl. The van der Waals surface area contributed by atoms with Crippen LogP contribution in [0.4, 0.5) is 0 Å². The van der Waals surface area contributed by atoms with Gasteiger partial charge < -0.3 is 9.47 Å². The van der Waals surface area contributed by atoms with E-state index >= 15 is 0 Å². The van der Waals surface area contributed by atoms with Crippen LogP contribution in [0.2, 0.25) is 20.1 Å². The molecule has 0 bridgehead atoms. The summed E-state index contributed by atoms with van der Waals surface area (Å²) in [5.74, 6) is -2.48. The Kier molecular flexibility index (Phi) is 11.0. The summed E-state index contributed by atoms with van der Waals surface area (Å²) in [5, 5.41) is 1.59. The lowest BCUT2D eigenvalue weighted by Gasteiger charge is -2.29. The molecule has 212 valence electrons. The highest BCUT2D eigenvalue weighted by Gasteiger charge is 2.38. The molecule has 0 unspecified atom stereocenters. The Morgan fingerprint density at radius 3 is 1.35 bits per heavy atom. The van der Waals surface area contributed by atoms with E-state index in [9.17, 15) is 19.2 Å². The predicted octanol–water partition coefficient (Wildman–Crippen LogP) is 7.57. The zero-order valence-corrected chi connectivity index (χ0v) is 25.3. The molecule has 0 heterocycles. The van der Waals surface area contributed by atoms with Gasteiger partial charge in [-0.05, 0) is 49.3 Å². The summed E-state index contributed by atoms with van der Waals surface area (Å²) >= 11 is 24.5. The maximum absolute atomic E-state index is 12.0. The number of carbonyl (C=O) groups excluding carboxylic acids is 4. The van der Waals surface area contributed by atoms with Crippen molar-refractivity contribution in [1.82, 2.24) is 0 Å². The number of ketones is 2. The smallest absolute Gasteiger partial charge is 0.313 e. The fourth-order valence-electron chi connectivity index (χ4n) is 5.26. The molecular weight excluding hydrogens is 598 g/mol. The highest BCUT2D eigenvalue weighted by atomic mass is 35.5. The largest absolute Gasteiger partial charge is 0.469 e. The van der Waals surface area contributed by atoms with Gasteiger partial charge in [0, 0.05) is 24.7 Å². The van der Waals surface area contributed by atoms with Crippen molar-refractivity contribution < 1.29 is 28.7 Å². The number of rotatable bonds is 4. The van der Waals surface area contributed by atoms with Gasteiger partial charge in [0.1, 0.15) is 0 Å². The molecule has 10 heteroatoms. The Bertz CT molecular complexity index is 1290. The van der Waals surface area contributed by atoms with Crippen LogP contribution < -0.4 is 0 Å². The molecule has 0 aromatic heterocycles. The summed E-state index contributed by atoms with van der Waals surface area (Å²) in [6.45, 7) is 3.51. The van der Waals surface area contributed by atoms with Gasteiger partial charge in [0.15, 0.2) is 11.6 Å². The number of allylic oxidation sites excluding steroid dienone is 2. The van der Waals surface area contributed by atoms with Crippen molar-refractivity contribution in [2.45, 2.75) is 38.5 Å². The summed E-state index contributed by atoms with van der Waals surface area (Å²) in [6, 6.07) is 10.5. The van der Waals surface area contributed by atoms with Crippen molar-refractivity contribution >= 4 is 69.9 Å². The number of hydrogen-bond donors (Lipinski definition) is 0. The molecule has 0 fully saturated rings. The van der Waals surface area contributed by atoms with E-state index in [0.717, 1.165) is 0 Å². The molecule has 0 radical (unpaired) electrons. The van der Waals surface area contributed by atoms with Crippen LogP contribution in [0, 0.1) is 11.8 Å². The van der Waals surface area contributed by atoms with Crippen molar-refractivity contribution in [3.05, 3.63) is 90.9 Å². The van der Waals surface area contributed by atoms with E-state index in [4.69, 9.17) is 55.9 Å². The molecule has 0 saturated heterocycles. The third kappa shape index (κ3) is 6.98. The molecule has 0 saturated carbocycles. The minimum atomic E-state index is -0.506. The van der Waals surface area contributed by atoms with Crippen LogP contribution in [0.5, 0.6) is 0 Å². The highest BCUT2D eigenvalue weighted by molar-refractivity contribution is 6.43. The number of carbonyl (C=O) groups is 4. The third-order valence-corrected chi connectivity index (χ3v) is 8.74. The Hall–Kier alpha value is -2.64. The number of ether oxygens (including phenoxy) is 2. The summed E-state index contributed by atoms with van der Waals surface area (Å²) < 4.78 is 9.70. The third-order valence-electron chi connectivity index (χ3n) is 7.08. The van der Waals surface area contributed by atoms with Gasteiger partial charge in [0.25, 0.3) is 0 Å². The second kappa shape index (κ2) is 13.8. The summed E-state index contributed by atoms with van der Waals surface area (Å²) in [7, 11) is 2.67. The van der Waals surface area contributed by atoms with Crippen molar-refractivity contribution in [3.63, 3.8) is 0 Å². The highest BCUT2D eigenvalue weighted by Crippen LogP contribution is 2.43. The number of halogens is 4. The van der Waals surface area contributed by atoms with Gasteiger partial charge in [0.05, 0.1) is 46.1 Å². The Labute approximate surface area is 253 Å². The minimum Gasteiger partial charge on any atom is -0.469 e. The van der Waals surface area contributed by atoms with Crippen molar-refractivity contribution in [2.75, 3.05) is 14.2 Å². The zero-order valence-electron chi connectivity index (χ0n) is 22.3. The van der Waals surface area contributed by atoms with Gasteiger partial charge in [-0.1, -0.05) is 81.8 Å². The first-order valence-corrected chi connectivity index (χ1v) is 13.9. The first-order chi connectivity index (χ1) is 18.9. The van der Waals surface area contributed by atoms with Crippen LogP contribution in [0.25, 0.3) is 0 Å². The number of esters is 2. The van der Waals surface area contributed by atoms with Crippen molar-refractivity contribution in [1.29, 1.82) is 0 Å². The van der Waals surface area contributed by atoms with E-state index in [1.165, 1.54) is 26.4 Å². The average molecular weight is 626 g/mol. The number of methoxy groups -OCH3 is 2. The van der Waals surface area contributed by atoms with Gasteiger partial charge in [-0.3, -0.25) is 19.2 Å². The molecule has 40 heavy (non-hydrogen) atoms. The topological polar surface area (TPSA) is 86.7 Å². The maximum atomic E-state index is 12.0. The van der Waals surface area contributed by atoms with Crippen molar-refractivity contribution in [3.8, 4) is 0 Å². The second-order valence-electron chi connectivity index (χ2n) is 9.62. The van der Waals surface area contributed by atoms with Gasteiger partial charge in [0.2, 0.25) is 0 Å².